The Bertz CT molecular complexity index is 1220. The topological polar surface area (TPSA) is 65.4 Å². The Hall–Kier alpha value is -4.13. The summed E-state index contributed by atoms with van der Waals surface area (Å²) in [6, 6.07) is 20.7. The first-order valence-electron chi connectivity index (χ1n) is 9.54. The number of nitrogens with one attached hydrogen (secondary N) is 1. The molecule has 0 atom stereocenters. The number of nitrogens with zero attached hydrogens (tertiary/aromatic N) is 2. The maximum Gasteiger partial charge on any atom is 0.259 e. The Morgan fingerprint density at radius 2 is 1.65 bits per heavy atom. The van der Waals surface area contributed by atoms with Crippen molar-refractivity contribution in [3.8, 4) is 28.4 Å². The van der Waals surface area contributed by atoms with Gasteiger partial charge in [-0.2, -0.15) is 5.10 Å². The van der Waals surface area contributed by atoms with E-state index in [1.807, 2.05) is 30.3 Å². The summed E-state index contributed by atoms with van der Waals surface area (Å²) in [7, 11) is 3.09. The van der Waals surface area contributed by atoms with Crippen LogP contribution >= 0.6 is 0 Å². The fourth-order valence-electron chi connectivity index (χ4n) is 3.20. The number of halogens is 1. The van der Waals surface area contributed by atoms with Gasteiger partial charge in [0.15, 0.2) is 11.5 Å². The highest BCUT2D eigenvalue weighted by atomic mass is 19.1. The lowest BCUT2D eigenvalue weighted by Gasteiger charge is -2.10. The van der Waals surface area contributed by atoms with Crippen LogP contribution in [0.5, 0.6) is 11.5 Å². The first kappa shape index (κ1) is 20.2. The predicted octanol–water partition coefficient (Wildman–Crippen LogP) is 4.95. The number of rotatable bonds is 6. The molecular formula is C24H20FN3O3. The van der Waals surface area contributed by atoms with Crippen LogP contribution < -0.4 is 14.8 Å². The summed E-state index contributed by atoms with van der Waals surface area (Å²) in [5.41, 5.74) is 2.26. The molecule has 1 aromatic heterocycles. The van der Waals surface area contributed by atoms with E-state index >= 15 is 0 Å². The second kappa shape index (κ2) is 8.71. The number of carbonyl (C=O) groups is 1. The molecule has 1 heterocycles. The third-order valence-corrected chi connectivity index (χ3v) is 4.76. The highest BCUT2D eigenvalue weighted by Gasteiger charge is 2.21. The van der Waals surface area contributed by atoms with Gasteiger partial charge in [-0.05, 0) is 42.5 Å². The van der Waals surface area contributed by atoms with Crippen molar-refractivity contribution in [1.29, 1.82) is 0 Å². The molecule has 0 fully saturated rings. The van der Waals surface area contributed by atoms with Gasteiger partial charge in [-0.3, -0.25) is 4.79 Å². The molecule has 0 aliphatic carbocycles. The van der Waals surface area contributed by atoms with E-state index in [2.05, 4.69) is 10.4 Å². The molecule has 4 rings (SSSR count). The Labute approximate surface area is 178 Å². The summed E-state index contributed by atoms with van der Waals surface area (Å²) in [5.74, 6) is 0.0804. The van der Waals surface area contributed by atoms with Crippen molar-refractivity contribution in [3.05, 3.63) is 90.4 Å². The number of para-hydroxylation sites is 2. The highest BCUT2D eigenvalue weighted by Crippen LogP contribution is 2.33. The zero-order valence-corrected chi connectivity index (χ0v) is 17.0. The number of hydrogen-bond acceptors (Lipinski definition) is 4. The van der Waals surface area contributed by atoms with E-state index in [9.17, 15) is 9.18 Å². The molecule has 6 nitrogen and oxygen atoms in total. The van der Waals surface area contributed by atoms with Gasteiger partial charge in [-0.25, -0.2) is 9.07 Å². The summed E-state index contributed by atoms with van der Waals surface area (Å²) in [6.07, 6.45) is 1.62. The van der Waals surface area contributed by atoms with E-state index in [0.29, 0.717) is 28.3 Å². The van der Waals surface area contributed by atoms with Crippen LogP contribution in [-0.4, -0.2) is 29.9 Å². The second-order valence-electron chi connectivity index (χ2n) is 6.68. The quantitative estimate of drug-likeness (QED) is 0.482. The van der Waals surface area contributed by atoms with Gasteiger partial charge in [0.05, 0.1) is 31.2 Å². The molecule has 3 aromatic carbocycles. The van der Waals surface area contributed by atoms with E-state index in [0.717, 1.165) is 5.69 Å². The smallest absolute Gasteiger partial charge is 0.259 e. The Balaban J connectivity index is 1.81. The lowest BCUT2D eigenvalue weighted by molar-refractivity contribution is 0.102. The average Bonchev–Trinajstić information content (AvgIpc) is 3.26. The van der Waals surface area contributed by atoms with Crippen LogP contribution in [0, 0.1) is 5.82 Å². The standard InChI is InChI=1S/C24H20FN3O3/c1-30-21-13-12-16(14-22(21)31-2)23-18(15-28(27-23)17-8-4-3-5-9-17)24(29)26-20-11-7-6-10-19(20)25/h3-15H,1-2H3,(H,26,29). The summed E-state index contributed by atoms with van der Waals surface area (Å²) in [5, 5.41) is 7.26. The molecule has 0 aliphatic rings. The van der Waals surface area contributed by atoms with Crippen LogP contribution in [0.1, 0.15) is 10.4 Å². The number of benzene rings is 3. The Kier molecular flexibility index (Phi) is 5.66. The van der Waals surface area contributed by atoms with Crippen molar-refractivity contribution >= 4 is 11.6 Å². The lowest BCUT2D eigenvalue weighted by Crippen LogP contribution is -2.13. The van der Waals surface area contributed by atoms with Gasteiger partial charge in [0.1, 0.15) is 11.5 Å². The number of ether oxygens (including phenoxy) is 2. The maximum absolute atomic E-state index is 14.1. The van der Waals surface area contributed by atoms with E-state index in [1.54, 1.807) is 48.3 Å². The van der Waals surface area contributed by atoms with E-state index in [1.165, 1.54) is 19.2 Å². The van der Waals surface area contributed by atoms with Crippen LogP contribution in [-0.2, 0) is 0 Å². The molecule has 31 heavy (non-hydrogen) atoms. The predicted molar refractivity (Wildman–Crippen MR) is 116 cm³/mol. The van der Waals surface area contributed by atoms with Crippen LogP contribution in [0.25, 0.3) is 16.9 Å². The van der Waals surface area contributed by atoms with Crippen molar-refractivity contribution < 1.29 is 18.7 Å². The summed E-state index contributed by atoms with van der Waals surface area (Å²) < 4.78 is 26.4. The molecule has 0 saturated carbocycles. The number of amides is 1. The minimum absolute atomic E-state index is 0.0956. The molecular weight excluding hydrogens is 397 g/mol. The zero-order chi connectivity index (χ0) is 21.8. The van der Waals surface area contributed by atoms with E-state index in [-0.39, 0.29) is 5.69 Å². The van der Waals surface area contributed by atoms with Crippen molar-refractivity contribution in [2.75, 3.05) is 19.5 Å². The van der Waals surface area contributed by atoms with Crippen LogP contribution in [0.4, 0.5) is 10.1 Å². The summed E-state index contributed by atoms with van der Waals surface area (Å²) >= 11 is 0. The second-order valence-corrected chi connectivity index (χ2v) is 6.68. The fourth-order valence-corrected chi connectivity index (χ4v) is 3.20. The number of carbonyl (C=O) groups excluding carboxylic acids is 1. The molecule has 7 heteroatoms. The lowest BCUT2D eigenvalue weighted by atomic mass is 10.1. The molecule has 0 bridgehead atoms. The SMILES string of the molecule is COc1ccc(-c2nn(-c3ccccc3)cc2C(=O)Nc2ccccc2F)cc1OC. The molecule has 0 saturated heterocycles. The summed E-state index contributed by atoms with van der Waals surface area (Å²) in [4.78, 5) is 13.1. The molecule has 156 valence electrons. The molecule has 0 unspecified atom stereocenters. The van der Waals surface area contributed by atoms with E-state index in [4.69, 9.17) is 9.47 Å². The monoisotopic (exact) mass is 417 g/mol. The van der Waals surface area contributed by atoms with Gasteiger partial charge in [-0.1, -0.05) is 30.3 Å². The number of aromatic nitrogens is 2. The first-order valence-corrected chi connectivity index (χ1v) is 9.54. The minimum atomic E-state index is -0.515. The minimum Gasteiger partial charge on any atom is -0.493 e. The molecule has 1 amide bonds. The number of anilines is 1. The van der Waals surface area contributed by atoms with Crippen molar-refractivity contribution in [2.45, 2.75) is 0 Å². The molecule has 1 N–H and O–H groups in total. The first-order chi connectivity index (χ1) is 15.1. The number of hydrogen-bond donors (Lipinski definition) is 1. The van der Waals surface area contributed by atoms with Crippen molar-refractivity contribution in [2.24, 2.45) is 0 Å². The van der Waals surface area contributed by atoms with Gasteiger partial charge < -0.3 is 14.8 Å². The van der Waals surface area contributed by atoms with Crippen LogP contribution in [0.2, 0.25) is 0 Å². The molecule has 0 aliphatic heterocycles. The normalized spacial score (nSPS) is 10.5. The van der Waals surface area contributed by atoms with Crippen molar-refractivity contribution in [1.82, 2.24) is 9.78 Å². The fraction of sp³-hybridized carbons (Fsp3) is 0.0833. The third kappa shape index (κ3) is 4.11. The van der Waals surface area contributed by atoms with Crippen LogP contribution in [0.3, 0.4) is 0 Å². The number of methoxy groups -OCH3 is 2. The largest absolute Gasteiger partial charge is 0.493 e. The van der Waals surface area contributed by atoms with Crippen LogP contribution in [0.15, 0.2) is 79.0 Å². The molecule has 0 spiro atoms. The Morgan fingerprint density at radius 1 is 0.935 bits per heavy atom. The highest BCUT2D eigenvalue weighted by molar-refractivity contribution is 6.08. The van der Waals surface area contributed by atoms with Gasteiger partial charge >= 0.3 is 0 Å². The molecule has 0 radical (unpaired) electrons. The van der Waals surface area contributed by atoms with Crippen molar-refractivity contribution in [3.63, 3.8) is 0 Å². The van der Waals surface area contributed by atoms with Gasteiger partial charge in [0.2, 0.25) is 0 Å². The summed E-state index contributed by atoms with van der Waals surface area (Å²) in [6.45, 7) is 0. The van der Waals surface area contributed by atoms with Gasteiger partial charge in [0.25, 0.3) is 5.91 Å². The Morgan fingerprint density at radius 3 is 2.35 bits per heavy atom. The molecule has 4 aromatic rings. The maximum atomic E-state index is 14.1. The average molecular weight is 417 g/mol. The van der Waals surface area contributed by atoms with E-state index < -0.39 is 11.7 Å². The third-order valence-electron chi connectivity index (χ3n) is 4.76. The van der Waals surface area contributed by atoms with Gasteiger partial charge in [-0.15, -0.1) is 0 Å². The van der Waals surface area contributed by atoms with Gasteiger partial charge in [0, 0.05) is 11.8 Å². The zero-order valence-electron chi connectivity index (χ0n) is 17.0.